The molecule has 1 aromatic heterocycles. The molecule has 184 valence electrons. The zero-order valence-electron chi connectivity index (χ0n) is 19.3. The fraction of sp³-hybridized carbons (Fsp3) is 0.333. The van der Waals surface area contributed by atoms with E-state index in [0.717, 1.165) is 37.6 Å². The Labute approximate surface area is 202 Å². The van der Waals surface area contributed by atoms with Crippen LogP contribution in [0.4, 0.5) is 13.2 Å². The Kier molecular flexibility index (Phi) is 7.40. The van der Waals surface area contributed by atoms with E-state index in [-0.39, 0.29) is 16.9 Å². The van der Waals surface area contributed by atoms with Gasteiger partial charge in [-0.1, -0.05) is 48.5 Å². The molecule has 0 aliphatic carbocycles. The van der Waals surface area contributed by atoms with E-state index in [1.165, 1.54) is 24.4 Å². The third-order valence-electron chi connectivity index (χ3n) is 6.79. The summed E-state index contributed by atoms with van der Waals surface area (Å²) >= 11 is 0. The van der Waals surface area contributed by atoms with Gasteiger partial charge in [0.15, 0.2) is 0 Å². The lowest BCUT2D eigenvalue weighted by molar-refractivity contribution is -0.137. The van der Waals surface area contributed by atoms with Gasteiger partial charge in [-0.25, -0.2) is 0 Å². The number of alkyl halides is 3. The zero-order valence-corrected chi connectivity index (χ0v) is 19.3. The van der Waals surface area contributed by atoms with Gasteiger partial charge in [0.2, 0.25) is 5.56 Å². The Morgan fingerprint density at radius 3 is 2.43 bits per heavy atom. The monoisotopic (exact) mass is 483 g/mol. The van der Waals surface area contributed by atoms with Crippen LogP contribution in [0.15, 0.2) is 77.7 Å². The van der Waals surface area contributed by atoms with Crippen LogP contribution < -0.4 is 10.9 Å². The Bertz CT molecular complexity index is 1200. The van der Waals surface area contributed by atoms with Gasteiger partial charge in [-0.2, -0.15) is 13.2 Å². The molecule has 8 heteroatoms. The van der Waals surface area contributed by atoms with Crippen molar-refractivity contribution in [2.24, 2.45) is 0 Å². The van der Waals surface area contributed by atoms with Crippen molar-refractivity contribution in [3.63, 3.8) is 0 Å². The van der Waals surface area contributed by atoms with Gasteiger partial charge in [-0.15, -0.1) is 0 Å². The van der Waals surface area contributed by atoms with E-state index in [0.29, 0.717) is 30.6 Å². The molecule has 0 atom stereocenters. The highest BCUT2D eigenvalue weighted by Crippen LogP contribution is 2.35. The lowest BCUT2D eigenvalue weighted by atomic mass is 9.72. The van der Waals surface area contributed by atoms with E-state index in [1.54, 1.807) is 12.1 Å². The van der Waals surface area contributed by atoms with E-state index in [9.17, 15) is 22.8 Å². The fourth-order valence-electron chi connectivity index (χ4n) is 4.69. The summed E-state index contributed by atoms with van der Waals surface area (Å²) in [6.07, 6.45) is -0.743. The third kappa shape index (κ3) is 6.19. The predicted octanol–water partition coefficient (Wildman–Crippen LogP) is 4.40. The highest BCUT2D eigenvalue weighted by atomic mass is 19.4. The second-order valence-corrected chi connectivity index (χ2v) is 9.06. The van der Waals surface area contributed by atoms with Gasteiger partial charge in [0.05, 0.1) is 5.56 Å². The largest absolute Gasteiger partial charge is 0.416 e. The number of halogens is 3. The van der Waals surface area contributed by atoms with Crippen molar-refractivity contribution in [1.29, 1.82) is 0 Å². The molecule has 0 radical (unpaired) electrons. The molecule has 4 rings (SSSR count). The van der Waals surface area contributed by atoms with Gasteiger partial charge >= 0.3 is 6.18 Å². The average Bonchev–Trinajstić information content (AvgIpc) is 2.87. The summed E-state index contributed by atoms with van der Waals surface area (Å²) in [5, 5.41) is 3.01. The van der Waals surface area contributed by atoms with Gasteiger partial charge < -0.3 is 15.2 Å². The topological polar surface area (TPSA) is 65.2 Å². The van der Waals surface area contributed by atoms with Crippen LogP contribution in [0.2, 0.25) is 0 Å². The number of H-pyrrole nitrogens is 1. The summed E-state index contributed by atoms with van der Waals surface area (Å²) in [6.45, 7) is 2.65. The van der Waals surface area contributed by atoms with Crippen LogP contribution in [-0.2, 0) is 18.0 Å². The second kappa shape index (κ2) is 10.5. The van der Waals surface area contributed by atoms with E-state index < -0.39 is 11.7 Å². The Hall–Kier alpha value is -3.39. The summed E-state index contributed by atoms with van der Waals surface area (Å²) in [7, 11) is 0. The van der Waals surface area contributed by atoms with E-state index in [2.05, 4.69) is 27.3 Å². The van der Waals surface area contributed by atoms with Gasteiger partial charge in [0, 0.05) is 36.3 Å². The molecule has 3 aromatic rings. The van der Waals surface area contributed by atoms with E-state index in [1.807, 2.05) is 18.2 Å². The molecule has 1 fully saturated rings. The molecule has 5 nitrogen and oxygen atoms in total. The number of hydrogen-bond donors (Lipinski definition) is 2. The van der Waals surface area contributed by atoms with Crippen molar-refractivity contribution >= 4 is 5.91 Å². The molecular formula is C27H28F3N3O2. The van der Waals surface area contributed by atoms with Crippen LogP contribution in [0.3, 0.4) is 0 Å². The molecule has 2 heterocycles. The normalized spacial score (nSPS) is 16.1. The minimum absolute atomic E-state index is 0.259. The number of carbonyl (C=O) groups is 1. The molecule has 2 aromatic carbocycles. The lowest BCUT2D eigenvalue weighted by Gasteiger charge is -2.42. The summed E-state index contributed by atoms with van der Waals surface area (Å²) in [4.78, 5) is 29.0. The minimum Gasteiger partial charge on any atom is -0.351 e. The molecule has 0 unspecified atom stereocenters. The van der Waals surface area contributed by atoms with Crippen molar-refractivity contribution in [3.05, 3.63) is 106 Å². The van der Waals surface area contributed by atoms with Crippen molar-refractivity contribution in [2.75, 3.05) is 26.2 Å². The van der Waals surface area contributed by atoms with Gasteiger partial charge in [0.25, 0.3) is 5.91 Å². The number of rotatable bonds is 7. The second-order valence-electron chi connectivity index (χ2n) is 9.06. The first-order chi connectivity index (χ1) is 16.7. The number of nitrogens with zero attached hydrogens (tertiary/aromatic N) is 1. The molecule has 35 heavy (non-hydrogen) atoms. The average molecular weight is 484 g/mol. The minimum atomic E-state index is -4.34. The SMILES string of the molecule is O=C(NCC1(c2ccccc2)CCN(CCc2cccc(C(F)(F)F)c2)CC1)c1cc[nH]c(=O)c1. The van der Waals surface area contributed by atoms with Crippen LogP contribution in [0.1, 0.15) is 39.9 Å². The van der Waals surface area contributed by atoms with Crippen LogP contribution in [0.5, 0.6) is 0 Å². The van der Waals surface area contributed by atoms with E-state index >= 15 is 0 Å². The Morgan fingerprint density at radius 1 is 1.00 bits per heavy atom. The predicted molar refractivity (Wildman–Crippen MR) is 128 cm³/mol. The molecule has 1 aliphatic heterocycles. The highest BCUT2D eigenvalue weighted by Gasteiger charge is 2.36. The molecule has 0 spiro atoms. The first-order valence-electron chi connectivity index (χ1n) is 11.7. The number of pyridine rings is 1. The van der Waals surface area contributed by atoms with Crippen molar-refractivity contribution in [1.82, 2.24) is 15.2 Å². The van der Waals surface area contributed by atoms with Crippen LogP contribution >= 0.6 is 0 Å². The number of carbonyl (C=O) groups excluding carboxylic acids is 1. The zero-order chi connectivity index (χ0) is 24.9. The summed E-state index contributed by atoms with van der Waals surface area (Å²) in [5.41, 5.74) is 0.923. The standard InChI is InChI=1S/C27H28F3N3O2/c28-27(29,30)23-8-4-5-20(17-23)10-14-33-15-11-26(12-16-33,22-6-2-1-3-7-22)19-32-25(35)21-9-13-31-24(34)18-21/h1-9,13,17-18H,10-12,14-16,19H2,(H,31,34)(H,32,35). The van der Waals surface area contributed by atoms with Gasteiger partial charge in [0.1, 0.15) is 0 Å². The van der Waals surface area contributed by atoms with Crippen LogP contribution in [-0.4, -0.2) is 42.0 Å². The number of likely N-dealkylation sites (tertiary alicyclic amines) is 1. The third-order valence-corrected chi connectivity index (χ3v) is 6.79. The maximum atomic E-state index is 13.0. The van der Waals surface area contributed by atoms with Crippen LogP contribution in [0.25, 0.3) is 0 Å². The van der Waals surface area contributed by atoms with Gasteiger partial charge in [-0.05, 0) is 55.6 Å². The maximum absolute atomic E-state index is 13.0. The quantitative estimate of drug-likeness (QED) is 0.524. The smallest absolute Gasteiger partial charge is 0.351 e. The number of hydrogen-bond acceptors (Lipinski definition) is 3. The number of piperidine rings is 1. The Morgan fingerprint density at radius 2 is 1.74 bits per heavy atom. The van der Waals surface area contributed by atoms with Crippen LogP contribution in [0, 0.1) is 0 Å². The van der Waals surface area contributed by atoms with E-state index in [4.69, 9.17) is 0 Å². The number of amides is 1. The number of nitrogens with one attached hydrogen (secondary N) is 2. The number of aromatic amines is 1. The first kappa shape index (κ1) is 24.7. The van der Waals surface area contributed by atoms with Crippen molar-refractivity contribution in [3.8, 4) is 0 Å². The molecule has 0 saturated carbocycles. The molecule has 1 aliphatic rings. The number of aromatic nitrogens is 1. The number of benzene rings is 2. The molecule has 0 bridgehead atoms. The highest BCUT2D eigenvalue weighted by molar-refractivity contribution is 5.94. The summed E-state index contributed by atoms with van der Waals surface area (Å²) in [5.74, 6) is -0.293. The summed E-state index contributed by atoms with van der Waals surface area (Å²) < 4.78 is 39.0. The van der Waals surface area contributed by atoms with Gasteiger partial charge in [-0.3, -0.25) is 9.59 Å². The molecule has 1 saturated heterocycles. The lowest BCUT2D eigenvalue weighted by Crippen LogP contribution is -2.49. The maximum Gasteiger partial charge on any atom is 0.416 e. The summed E-state index contributed by atoms with van der Waals surface area (Å²) in [6, 6.07) is 18.4. The fourth-order valence-corrected chi connectivity index (χ4v) is 4.69. The first-order valence-corrected chi connectivity index (χ1v) is 11.7. The Balaban J connectivity index is 1.40. The molecular weight excluding hydrogens is 455 g/mol. The van der Waals surface area contributed by atoms with Crippen molar-refractivity contribution in [2.45, 2.75) is 30.9 Å². The molecule has 2 N–H and O–H groups in total. The van der Waals surface area contributed by atoms with Crippen molar-refractivity contribution < 1.29 is 18.0 Å². The molecule has 1 amide bonds.